The average Bonchev–Trinajstić information content (AvgIpc) is 2.89. The fourth-order valence-electron chi connectivity index (χ4n) is 3.22. The standard InChI is InChI=1S/C24H30N12O4/c1-34(2)22-30-21(31-23(33-22)35(3)4)27-14-7-9-18(17(39)11-14)40-12-36(5)24-29-19(25)28-20(32-24)26-13-6-8-15(37)16(38)10-13/h6-11,37-39H,12H2,1-5H3,(H,27,30,31,33)(H3,25,26,28,29,32). The Balaban J connectivity index is 1.43. The second kappa shape index (κ2) is 11.5. The van der Waals surface area contributed by atoms with Crippen LogP contribution in [0.4, 0.5) is 47.1 Å². The van der Waals surface area contributed by atoms with E-state index in [0.717, 1.165) is 0 Å². The maximum absolute atomic E-state index is 10.6. The molecule has 0 fully saturated rings. The number of phenols is 3. The van der Waals surface area contributed by atoms with Crippen LogP contribution in [0, 0.1) is 0 Å². The number of nitrogens with one attached hydrogen (secondary N) is 2. The number of rotatable bonds is 10. The van der Waals surface area contributed by atoms with Gasteiger partial charge in [-0.3, -0.25) is 0 Å². The molecule has 0 radical (unpaired) electrons. The average molecular weight is 551 g/mol. The van der Waals surface area contributed by atoms with Gasteiger partial charge in [-0.15, -0.1) is 0 Å². The van der Waals surface area contributed by atoms with Gasteiger partial charge in [0.1, 0.15) is 0 Å². The first kappa shape index (κ1) is 27.5. The first-order chi connectivity index (χ1) is 19.0. The normalized spacial score (nSPS) is 10.6. The van der Waals surface area contributed by atoms with E-state index in [4.69, 9.17) is 10.5 Å². The van der Waals surface area contributed by atoms with Crippen LogP contribution in [-0.4, -0.2) is 87.2 Å². The number of hydrogen-bond acceptors (Lipinski definition) is 16. The molecule has 4 rings (SSSR count). The second-order valence-corrected chi connectivity index (χ2v) is 8.97. The largest absolute Gasteiger partial charge is 0.504 e. The maximum Gasteiger partial charge on any atom is 0.234 e. The Morgan fingerprint density at radius 1 is 0.675 bits per heavy atom. The highest BCUT2D eigenvalue weighted by Crippen LogP contribution is 2.31. The third-order valence-corrected chi connectivity index (χ3v) is 5.25. The molecule has 0 saturated heterocycles. The predicted molar refractivity (Wildman–Crippen MR) is 151 cm³/mol. The minimum absolute atomic E-state index is 0.0327. The van der Waals surface area contributed by atoms with E-state index >= 15 is 0 Å². The van der Waals surface area contributed by atoms with Crippen molar-refractivity contribution in [3.8, 4) is 23.0 Å². The quantitative estimate of drug-likeness (QED) is 0.0945. The van der Waals surface area contributed by atoms with Crippen molar-refractivity contribution in [3.05, 3.63) is 36.4 Å². The number of aromatic nitrogens is 6. The summed E-state index contributed by atoms with van der Waals surface area (Å²) >= 11 is 0. The molecule has 0 amide bonds. The molecule has 7 N–H and O–H groups in total. The number of hydrogen-bond donors (Lipinski definition) is 6. The molecule has 0 spiro atoms. The topological polar surface area (TPSA) is 207 Å². The fourth-order valence-corrected chi connectivity index (χ4v) is 3.22. The van der Waals surface area contributed by atoms with Crippen LogP contribution in [0.5, 0.6) is 23.0 Å². The monoisotopic (exact) mass is 550 g/mol. The maximum atomic E-state index is 10.6. The van der Waals surface area contributed by atoms with Crippen molar-refractivity contribution < 1.29 is 20.1 Å². The molecule has 0 aliphatic rings. The SMILES string of the molecule is CN(C)c1nc(Nc2ccc(OCN(C)c3nc(N)nc(Nc4ccc(O)c(O)c4)n3)c(O)c2)nc(N(C)C)n1. The van der Waals surface area contributed by atoms with E-state index in [-0.39, 0.29) is 47.6 Å². The van der Waals surface area contributed by atoms with Gasteiger partial charge in [0.2, 0.25) is 35.7 Å². The van der Waals surface area contributed by atoms with Gasteiger partial charge < -0.3 is 51.1 Å². The lowest BCUT2D eigenvalue weighted by molar-refractivity contribution is 0.301. The zero-order valence-electron chi connectivity index (χ0n) is 22.5. The molecule has 16 nitrogen and oxygen atoms in total. The highest BCUT2D eigenvalue weighted by Gasteiger charge is 2.14. The van der Waals surface area contributed by atoms with Crippen LogP contribution >= 0.6 is 0 Å². The van der Waals surface area contributed by atoms with E-state index in [0.29, 0.717) is 29.2 Å². The molecule has 2 aromatic carbocycles. The smallest absolute Gasteiger partial charge is 0.234 e. The van der Waals surface area contributed by atoms with Crippen LogP contribution in [0.25, 0.3) is 0 Å². The van der Waals surface area contributed by atoms with Crippen molar-refractivity contribution in [2.45, 2.75) is 0 Å². The Morgan fingerprint density at radius 3 is 1.80 bits per heavy atom. The Kier molecular flexibility index (Phi) is 7.88. The number of nitrogens with two attached hydrogens (primary N) is 1. The van der Waals surface area contributed by atoms with Crippen LogP contribution in [-0.2, 0) is 0 Å². The van der Waals surface area contributed by atoms with Crippen molar-refractivity contribution in [2.24, 2.45) is 0 Å². The number of nitrogens with zero attached hydrogens (tertiary/aromatic N) is 9. The van der Waals surface area contributed by atoms with E-state index < -0.39 is 0 Å². The molecule has 4 aromatic rings. The molecule has 0 saturated carbocycles. The van der Waals surface area contributed by atoms with E-state index in [9.17, 15) is 15.3 Å². The minimum atomic E-state index is -0.302. The molecule has 40 heavy (non-hydrogen) atoms. The summed E-state index contributed by atoms with van der Waals surface area (Å²) in [4.78, 5) is 30.7. The number of anilines is 8. The third kappa shape index (κ3) is 6.66. The van der Waals surface area contributed by atoms with Crippen LogP contribution in [0.1, 0.15) is 0 Å². The lowest BCUT2D eigenvalue weighted by Crippen LogP contribution is -2.26. The van der Waals surface area contributed by atoms with Crippen molar-refractivity contribution >= 4 is 47.1 Å². The van der Waals surface area contributed by atoms with Crippen molar-refractivity contribution in [2.75, 3.05) is 73.0 Å². The van der Waals surface area contributed by atoms with Gasteiger partial charge in [-0.05, 0) is 24.3 Å². The van der Waals surface area contributed by atoms with Crippen molar-refractivity contribution in [1.82, 2.24) is 29.9 Å². The molecule has 0 aliphatic heterocycles. The summed E-state index contributed by atoms with van der Waals surface area (Å²) in [7, 11) is 8.99. The number of phenolic OH excluding ortho intramolecular Hbond substituents is 3. The molecule has 210 valence electrons. The molecule has 16 heteroatoms. The van der Waals surface area contributed by atoms with Crippen molar-refractivity contribution in [1.29, 1.82) is 0 Å². The summed E-state index contributed by atoms with van der Waals surface area (Å²) in [5, 5.41) is 35.7. The highest BCUT2D eigenvalue weighted by atomic mass is 16.5. The van der Waals surface area contributed by atoms with Gasteiger partial charge in [0, 0.05) is 58.7 Å². The van der Waals surface area contributed by atoms with Gasteiger partial charge >= 0.3 is 0 Å². The Labute approximate surface area is 229 Å². The van der Waals surface area contributed by atoms with Gasteiger partial charge in [-0.25, -0.2) is 0 Å². The van der Waals surface area contributed by atoms with Crippen LogP contribution in [0.2, 0.25) is 0 Å². The summed E-state index contributed by atoms with van der Waals surface area (Å²) in [6, 6.07) is 8.96. The Hall–Kier alpha value is -5.54. The molecular weight excluding hydrogens is 520 g/mol. The zero-order valence-corrected chi connectivity index (χ0v) is 22.5. The predicted octanol–water partition coefficient (Wildman–Crippen LogP) is 1.85. The molecule has 2 heterocycles. The zero-order chi connectivity index (χ0) is 29.0. The van der Waals surface area contributed by atoms with Gasteiger partial charge in [0.25, 0.3) is 0 Å². The Bertz CT molecular complexity index is 1470. The van der Waals surface area contributed by atoms with E-state index in [1.165, 1.54) is 24.3 Å². The number of nitrogen functional groups attached to an aromatic ring is 1. The minimum Gasteiger partial charge on any atom is -0.504 e. The molecule has 0 unspecified atom stereocenters. The van der Waals surface area contributed by atoms with Crippen LogP contribution in [0.3, 0.4) is 0 Å². The fraction of sp³-hybridized carbons (Fsp3) is 0.250. The summed E-state index contributed by atoms with van der Waals surface area (Å²) in [5.41, 5.74) is 6.81. The highest BCUT2D eigenvalue weighted by molar-refractivity contribution is 5.62. The molecular formula is C24H30N12O4. The Morgan fingerprint density at radius 2 is 1.23 bits per heavy atom. The molecule has 0 atom stereocenters. The number of aromatic hydroxyl groups is 3. The third-order valence-electron chi connectivity index (χ3n) is 5.25. The number of ether oxygens (including phenoxy) is 1. The summed E-state index contributed by atoms with van der Waals surface area (Å²) in [5.74, 6) is 1.08. The lowest BCUT2D eigenvalue weighted by atomic mass is 10.3. The molecule has 0 aliphatic carbocycles. The molecule has 0 bridgehead atoms. The van der Waals surface area contributed by atoms with Gasteiger partial charge in [-0.2, -0.15) is 29.9 Å². The van der Waals surface area contributed by atoms with Crippen LogP contribution < -0.4 is 35.8 Å². The summed E-state index contributed by atoms with van der Waals surface area (Å²) < 4.78 is 5.76. The van der Waals surface area contributed by atoms with E-state index in [1.807, 2.05) is 28.2 Å². The van der Waals surface area contributed by atoms with Gasteiger partial charge in [0.05, 0.1) is 0 Å². The lowest BCUT2D eigenvalue weighted by Gasteiger charge is -2.19. The van der Waals surface area contributed by atoms with Crippen LogP contribution in [0.15, 0.2) is 36.4 Å². The first-order valence-corrected chi connectivity index (χ1v) is 11.8. The van der Waals surface area contributed by atoms with Gasteiger partial charge in [-0.1, -0.05) is 0 Å². The first-order valence-electron chi connectivity index (χ1n) is 11.8. The van der Waals surface area contributed by atoms with Crippen molar-refractivity contribution in [3.63, 3.8) is 0 Å². The van der Waals surface area contributed by atoms with E-state index in [2.05, 4.69) is 40.5 Å². The number of benzene rings is 2. The molecule has 2 aromatic heterocycles. The van der Waals surface area contributed by atoms with E-state index in [1.54, 1.807) is 33.9 Å². The second-order valence-electron chi connectivity index (χ2n) is 8.97. The summed E-state index contributed by atoms with van der Waals surface area (Å²) in [6.07, 6.45) is 0. The summed E-state index contributed by atoms with van der Waals surface area (Å²) in [6.45, 7) is -0.0327. The van der Waals surface area contributed by atoms with Gasteiger partial charge in [0.15, 0.2) is 29.7 Å².